The van der Waals surface area contributed by atoms with Gasteiger partial charge < -0.3 is 10.1 Å². The maximum atomic E-state index is 11.8. The second-order valence-electron chi connectivity index (χ2n) is 6.38. The highest BCUT2D eigenvalue weighted by atomic mass is 16.5. The highest BCUT2D eigenvalue weighted by Crippen LogP contribution is 2.30. The van der Waals surface area contributed by atoms with Gasteiger partial charge in [0.25, 0.3) is 0 Å². The summed E-state index contributed by atoms with van der Waals surface area (Å²) >= 11 is 0. The van der Waals surface area contributed by atoms with E-state index in [1.54, 1.807) is 7.11 Å². The average Bonchev–Trinajstić information content (AvgIpc) is 3.04. The fourth-order valence-corrected chi connectivity index (χ4v) is 3.43. The van der Waals surface area contributed by atoms with E-state index < -0.39 is 0 Å². The summed E-state index contributed by atoms with van der Waals surface area (Å²) in [6.07, 6.45) is 1.34. The molecule has 0 bridgehead atoms. The summed E-state index contributed by atoms with van der Waals surface area (Å²) < 4.78 is 5.25. The number of hydrogen-bond acceptors (Lipinski definition) is 3. The number of nitrogens with one attached hydrogen (secondary N) is 1. The molecular weight excluding hydrogens is 312 g/mol. The third-order valence-corrected chi connectivity index (χ3v) is 4.70. The van der Waals surface area contributed by atoms with Crippen molar-refractivity contribution in [2.24, 2.45) is 0 Å². The Morgan fingerprint density at radius 1 is 1.20 bits per heavy atom. The number of ether oxygens (including phenoxy) is 1. The van der Waals surface area contributed by atoms with Crippen LogP contribution in [-0.2, 0) is 11.3 Å². The molecule has 3 rings (SSSR count). The van der Waals surface area contributed by atoms with E-state index in [4.69, 9.17) is 4.74 Å². The minimum Gasteiger partial charge on any atom is -0.497 e. The molecule has 1 N–H and O–H groups in total. The van der Waals surface area contributed by atoms with Crippen LogP contribution in [0.4, 0.5) is 0 Å². The summed E-state index contributed by atoms with van der Waals surface area (Å²) in [6, 6.07) is 18.6. The van der Waals surface area contributed by atoms with Crippen LogP contribution in [0.15, 0.2) is 67.3 Å². The van der Waals surface area contributed by atoms with E-state index in [-0.39, 0.29) is 17.9 Å². The lowest BCUT2D eigenvalue weighted by Crippen LogP contribution is -2.38. The molecule has 4 nitrogen and oxygen atoms in total. The van der Waals surface area contributed by atoms with E-state index in [0.29, 0.717) is 0 Å². The molecule has 1 aliphatic rings. The highest BCUT2D eigenvalue weighted by Gasteiger charge is 2.34. The van der Waals surface area contributed by atoms with Gasteiger partial charge in [0.05, 0.1) is 7.11 Å². The van der Waals surface area contributed by atoms with Crippen molar-refractivity contribution >= 4 is 5.91 Å². The standard InChI is InChI=1S/C21H24N2O2/c1-3-21(24)22-20-15-23(13-16-7-5-4-6-8-16)14-19(20)17-9-11-18(25-2)12-10-17/h3-12,19-20H,1,13-15H2,2H3,(H,22,24)/t19-,20+/m0/s1. The topological polar surface area (TPSA) is 41.6 Å². The highest BCUT2D eigenvalue weighted by molar-refractivity contribution is 5.87. The van der Waals surface area contributed by atoms with Crippen LogP contribution >= 0.6 is 0 Å². The number of benzene rings is 2. The zero-order valence-electron chi connectivity index (χ0n) is 14.5. The van der Waals surface area contributed by atoms with Crippen LogP contribution in [0.1, 0.15) is 17.0 Å². The van der Waals surface area contributed by atoms with Gasteiger partial charge in [-0.05, 0) is 29.3 Å². The van der Waals surface area contributed by atoms with Gasteiger partial charge in [0.15, 0.2) is 0 Å². The Morgan fingerprint density at radius 3 is 2.56 bits per heavy atom. The molecule has 1 heterocycles. The number of hydrogen-bond donors (Lipinski definition) is 1. The van der Waals surface area contributed by atoms with Gasteiger partial charge in [-0.25, -0.2) is 0 Å². The smallest absolute Gasteiger partial charge is 0.243 e. The van der Waals surface area contributed by atoms with Crippen molar-refractivity contribution < 1.29 is 9.53 Å². The SMILES string of the molecule is C=CC(=O)N[C@@H]1CN(Cc2ccccc2)C[C@H]1c1ccc(OC)cc1. The van der Waals surface area contributed by atoms with Gasteiger partial charge in [0.2, 0.25) is 5.91 Å². The second kappa shape index (κ2) is 7.99. The lowest BCUT2D eigenvalue weighted by atomic mass is 9.94. The predicted molar refractivity (Wildman–Crippen MR) is 99.6 cm³/mol. The van der Waals surface area contributed by atoms with Gasteiger partial charge in [-0.1, -0.05) is 49.0 Å². The minimum absolute atomic E-state index is 0.0719. The van der Waals surface area contributed by atoms with Crippen LogP contribution in [0.5, 0.6) is 5.75 Å². The fraction of sp³-hybridized carbons (Fsp3) is 0.286. The monoisotopic (exact) mass is 336 g/mol. The first-order chi connectivity index (χ1) is 12.2. The predicted octanol–water partition coefficient (Wildman–Crippen LogP) is 2.97. The van der Waals surface area contributed by atoms with Gasteiger partial charge >= 0.3 is 0 Å². The second-order valence-corrected chi connectivity index (χ2v) is 6.38. The Hall–Kier alpha value is -2.59. The lowest BCUT2D eigenvalue weighted by molar-refractivity contribution is -0.117. The summed E-state index contributed by atoms with van der Waals surface area (Å²) in [4.78, 5) is 14.2. The van der Waals surface area contributed by atoms with E-state index in [2.05, 4.69) is 53.2 Å². The molecule has 0 unspecified atom stereocenters. The molecule has 2 atom stereocenters. The van der Waals surface area contributed by atoms with E-state index in [1.807, 2.05) is 18.2 Å². The van der Waals surface area contributed by atoms with Crippen LogP contribution in [0.3, 0.4) is 0 Å². The van der Waals surface area contributed by atoms with Gasteiger partial charge in [-0.3, -0.25) is 9.69 Å². The number of likely N-dealkylation sites (tertiary alicyclic amines) is 1. The molecule has 0 saturated carbocycles. The number of nitrogens with zero attached hydrogens (tertiary/aromatic N) is 1. The fourth-order valence-electron chi connectivity index (χ4n) is 3.43. The Kier molecular flexibility index (Phi) is 5.51. The first-order valence-electron chi connectivity index (χ1n) is 8.52. The largest absolute Gasteiger partial charge is 0.497 e. The molecule has 1 aliphatic heterocycles. The Bertz CT molecular complexity index is 712. The molecule has 0 aromatic heterocycles. The van der Waals surface area contributed by atoms with E-state index in [1.165, 1.54) is 17.2 Å². The molecule has 2 aromatic rings. The summed E-state index contributed by atoms with van der Waals surface area (Å²) in [5.41, 5.74) is 2.50. The molecule has 2 aromatic carbocycles. The maximum absolute atomic E-state index is 11.8. The Morgan fingerprint density at radius 2 is 1.92 bits per heavy atom. The van der Waals surface area contributed by atoms with E-state index in [0.717, 1.165) is 25.4 Å². The summed E-state index contributed by atoms with van der Waals surface area (Å²) in [5, 5.41) is 3.09. The van der Waals surface area contributed by atoms with Crippen LogP contribution in [0, 0.1) is 0 Å². The molecule has 1 saturated heterocycles. The molecule has 4 heteroatoms. The van der Waals surface area contributed by atoms with Crippen LogP contribution in [0.25, 0.3) is 0 Å². The molecule has 0 radical (unpaired) electrons. The van der Waals surface area contributed by atoms with Crippen molar-refractivity contribution in [1.29, 1.82) is 0 Å². The third-order valence-electron chi connectivity index (χ3n) is 4.70. The molecule has 25 heavy (non-hydrogen) atoms. The number of amides is 1. The van der Waals surface area contributed by atoms with Gasteiger partial charge in [-0.15, -0.1) is 0 Å². The van der Waals surface area contributed by atoms with Crippen molar-refractivity contribution in [3.63, 3.8) is 0 Å². The maximum Gasteiger partial charge on any atom is 0.243 e. The summed E-state index contributed by atoms with van der Waals surface area (Å²) in [6.45, 7) is 6.18. The van der Waals surface area contributed by atoms with Gasteiger partial charge in [0, 0.05) is 31.6 Å². The van der Waals surface area contributed by atoms with Gasteiger partial charge in [-0.2, -0.15) is 0 Å². The molecule has 1 fully saturated rings. The van der Waals surface area contributed by atoms with Gasteiger partial charge in [0.1, 0.15) is 5.75 Å². The molecule has 130 valence electrons. The zero-order chi connectivity index (χ0) is 17.6. The Labute approximate surface area is 149 Å². The van der Waals surface area contributed by atoms with Crippen molar-refractivity contribution in [2.45, 2.75) is 18.5 Å². The van der Waals surface area contributed by atoms with Crippen molar-refractivity contribution in [3.05, 3.63) is 78.4 Å². The molecular formula is C21H24N2O2. The first-order valence-corrected chi connectivity index (χ1v) is 8.52. The quantitative estimate of drug-likeness (QED) is 0.825. The number of methoxy groups -OCH3 is 1. The lowest BCUT2D eigenvalue weighted by Gasteiger charge is -2.19. The molecule has 0 aliphatic carbocycles. The first kappa shape index (κ1) is 17.2. The zero-order valence-corrected chi connectivity index (χ0v) is 14.5. The van der Waals surface area contributed by atoms with E-state index >= 15 is 0 Å². The normalized spacial score (nSPS) is 20.2. The van der Waals surface area contributed by atoms with Crippen LogP contribution < -0.4 is 10.1 Å². The van der Waals surface area contributed by atoms with Crippen molar-refractivity contribution in [2.75, 3.05) is 20.2 Å². The van der Waals surface area contributed by atoms with Crippen LogP contribution in [-0.4, -0.2) is 37.0 Å². The Balaban J connectivity index is 1.77. The minimum atomic E-state index is -0.120. The number of rotatable bonds is 6. The number of carbonyl (C=O) groups is 1. The van der Waals surface area contributed by atoms with Crippen molar-refractivity contribution in [1.82, 2.24) is 10.2 Å². The average molecular weight is 336 g/mol. The summed E-state index contributed by atoms with van der Waals surface area (Å²) in [5.74, 6) is 0.971. The van der Waals surface area contributed by atoms with Crippen molar-refractivity contribution in [3.8, 4) is 5.75 Å². The third kappa shape index (κ3) is 4.28. The number of carbonyl (C=O) groups excluding carboxylic acids is 1. The summed E-state index contributed by atoms with van der Waals surface area (Å²) in [7, 11) is 1.67. The van der Waals surface area contributed by atoms with E-state index in [9.17, 15) is 4.79 Å². The molecule has 0 spiro atoms. The molecule has 1 amide bonds. The van der Waals surface area contributed by atoms with Crippen LogP contribution in [0.2, 0.25) is 0 Å².